The van der Waals surface area contributed by atoms with Gasteiger partial charge >= 0.3 is 11.5 Å². The van der Waals surface area contributed by atoms with Gasteiger partial charge in [-0.05, 0) is 56.7 Å². The van der Waals surface area contributed by atoms with Crippen molar-refractivity contribution in [3.63, 3.8) is 0 Å². The number of ether oxygens (including phenoxy) is 1. The van der Waals surface area contributed by atoms with Gasteiger partial charge in [0.1, 0.15) is 11.4 Å². The van der Waals surface area contributed by atoms with Crippen LogP contribution in [0.3, 0.4) is 0 Å². The Labute approximate surface area is 164 Å². The first-order valence-corrected chi connectivity index (χ1v) is 9.44. The molecule has 2 amide bonds. The van der Waals surface area contributed by atoms with Crippen LogP contribution in [-0.4, -0.2) is 46.1 Å². The highest BCUT2D eigenvalue weighted by atomic mass is 35.5. The molecule has 1 fully saturated rings. The smallest absolute Gasteiger partial charge is 0.410 e. The Bertz CT molecular complexity index is 850. The van der Waals surface area contributed by atoms with Crippen LogP contribution in [0, 0.1) is 0 Å². The van der Waals surface area contributed by atoms with Crippen molar-refractivity contribution in [2.45, 2.75) is 45.3 Å². The number of rotatable bonds is 2. The molecule has 0 unspecified atom stereocenters. The average molecular weight is 390 g/mol. The minimum absolute atomic E-state index is 0.245. The number of nitrogens with zero attached hydrogens (tertiary/aromatic N) is 3. The molecule has 1 aromatic heterocycles. The molecule has 1 aliphatic heterocycles. The Hall–Kier alpha value is -2.34. The van der Waals surface area contributed by atoms with Gasteiger partial charge in [0.05, 0.1) is 6.04 Å². The minimum atomic E-state index is -0.603. The van der Waals surface area contributed by atoms with Gasteiger partial charge < -0.3 is 9.64 Å². The first-order chi connectivity index (χ1) is 12.7. The van der Waals surface area contributed by atoms with Crippen molar-refractivity contribution >= 4 is 39.7 Å². The number of halogens is 1. The first kappa shape index (κ1) is 19.4. The van der Waals surface area contributed by atoms with E-state index in [2.05, 4.69) is 4.98 Å². The van der Waals surface area contributed by atoms with E-state index in [4.69, 9.17) is 16.3 Å². The third-order valence-corrected chi connectivity index (χ3v) is 4.65. The molecule has 0 saturated carbocycles. The molecule has 1 saturated heterocycles. The molecule has 1 atom stereocenters. The van der Waals surface area contributed by atoms with Crippen LogP contribution in [0.1, 0.15) is 33.6 Å². The van der Waals surface area contributed by atoms with Crippen molar-refractivity contribution < 1.29 is 14.3 Å². The normalized spacial score (nSPS) is 17.6. The van der Waals surface area contributed by atoms with E-state index in [0.29, 0.717) is 18.9 Å². The number of aromatic nitrogens is 1. The third-order valence-electron chi connectivity index (χ3n) is 4.47. The molecule has 144 valence electrons. The van der Waals surface area contributed by atoms with Gasteiger partial charge in [0.15, 0.2) is 0 Å². The zero-order chi connectivity index (χ0) is 19.6. The number of piperidine rings is 1. The first-order valence-electron chi connectivity index (χ1n) is 9.06. The maximum absolute atomic E-state index is 12.4. The van der Waals surface area contributed by atoms with Crippen molar-refractivity contribution in [1.29, 1.82) is 0 Å². The van der Waals surface area contributed by atoms with Gasteiger partial charge in [-0.2, -0.15) is 0 Å². The molecule has 6 nitrogen and oxygen atoms in total. The second-order valence-electron chi connectivity index (χ2n) is 7.74. The topological polar surface area (TPSA) is 62.7 Å². The van der Waals surface area contributed by atoms with Crippen LogP contribution in [0.25, 0.3) is 10.8 Å². The fourth-order valence-corrected chi connectivity index (χ4v) is 3.51. The van der Waals surface area contributed by atoms with Gasteiger partial charge in [-0.1, -0.05) is 24.3 Å². The number of hydrogen-bond donors (Lipinski definition) is 0. The summed E-state index contributed by atoms with van der Waals surface area (Å²) in [5, 5.41) is 1.36. The predicted molar refractivity (Wildman–Crippen MR) is 106 cm³/mol. The monoisotopic (exact) mass is 389 g/mol. The lowest BCUT2D eigenvalue weighted by Gasteiger charge is -2.38. The van der Waals surface area contributed by atoms with Crippen molar-refractivity contribution in [3.8, 4) is 0 Å². The van der Waals surface area contributed by atoms with E-state index >= 15 is 0 Å². The molecule has 27 heavy (non-hydrogen) atoms. The van der Waals surface area contributed by atoms with E-state index in [1.807, 2.05) is 51.1 Å². The summed E-state index contributed by atoms with van der Waals surface area (Å²) >= 11 is 5.91. The highest BCUT2D eigenvalue weighted by Gasteiger charge is 2.33. The lowest BCUT2D eigenvalue weighted by Crippen LogP contribution is -2.52. The summed E-state index contributed by atoms with van der Waals surface area (Å²) in [5.41, 5.74) is -0.564. The molecule has 2 aromatic rings. The number of pyridine rings is 1. The number of amides is 2. The van der Waals surface area contributed by atoms with E-state index in [0.717, 1.165) is 23.6 Å². The predicted octanol–water partition coefficient (Wildman–Crippen LogP) is 4.80. The van der Waals surface area contributed by atoms with Gasteiger partial charge in [0, 0.05) is 24.7 Å². The zero-order valence-corrected chi connectivity index (χ0v) is 16.6. The molecule has 0 N–H and O–H groups in total. The lowest BCUT2D eigenvalue weighted by atomic mass is 10.0. The Morgan fingerprint density at radius 1 is 1.26 bits per heavy atom. The number of benzene rings is 1. The molecular formula is C20H24ClN3O3. The summed E-state index contributed by atoms with van der Waals surface area (Å²) in [7, 11) is 0. The van der Waals surface area contributed by atoms with E-state index in [9.17, 15) is 9.59 Å². The summed E-state index contributed by atoms with van der Waals surface area (Å²) in [6, 6.07) is 9.40. The zero-order valence-electron chi connectivity index (χ0n) is 15.8. The number of fused-ring (bicyclic) bond motifs is 1. The summed E-state index contributed by atoms with van der Waals surface area (Å²) in [5.74, 6) is 0.490. The molecule has 2 heterocycles. The molecule has 0 radical (unpaired) electrons. The fourth-order valence-electron chi connectivity index (χ4n) is 3.28. The van der Waals surface area contributed by atoms with Crippen LogP contribution in [0.2, 0.25) is 0 Å². The number of carbonyl (C=O) groups excluding carboxylic acids is 2. The average Bonchev–Trinajstić information content (AvgIpc) is 2.60. The highest BCUT2D eigenvalue weighted by Crippen LogP contribution is 2.26. The Morgan fingerprint density at radius 2 is 1.96 bits per heavy atom. The van der Waals surface area contributed by atoms with Crippen molar-refractivity contribution in [2.75, 3.05) is 18.0 Å². The molecule has 3 rings (SSSR count). The van der Waals surface area contributed by atoms with Gasteiger partial charge in [0.2, 0.25) is 0 Å². The number of anilines is 1. The van der Waals surface area contributed by atoms with Gasteiger partial charge in [0.25, 0.3) is 0 Å². The summed E-state index contributed by atoms with van der Waals surface area (Å²) in [6.07, 6.45) is 2.86. The van der Waals surface area contributed by atoms with Crippen LogP contribution in [0.4, 0.5) is 15.4 Å². The fraction of sp³-hybridized carbons (Fsp3) is 0.450. The highest BCUT2D eigenvalue weighted by molar-refractivity contribution is 6.66. The molecule has 0 bridgehead atoms. The van der Waals surface area contributed by atoms with Crippen LogP contribution in [-0.2, 0) is 4.74 Å². The number of carbonyl (C=O) groups is 2. The van der Waals surface area contributed by atoms with Crippen molar-refractivity contribution in [2.24, 2.45) is 0 Å². The largest absolute Gasteiger partial charge is 0.444 e. The Balaban J connectivity index is 1.83. The minimum Gasteiger partial charge on any atom is -0.444 e. The molecule has 0 aliphatic carbocycles. The molecule has 1 aromatic carbocycles. The van der Waals surface area contributed by atoms with E-state index < -0.39 is 11.0 Å². The second kappa shape index (κ2) is 7.72. The number of likely N-dealkylation sites (tertiary alicyclic amines) is 1. The molecule has 0 spiro atoms. The van der Waals surface area contributed by atoms with Gasteiger partial charge in [-0.15, -0.1) is 0 Å². The van der Waals surface area contributed by atoms with Gasteiger partial charge in [-0.25, -0.2) is 9.78 Å². The van der Waals surface area contributed by atoms with Crippen LogP contribution >= 0.6 is 11.6 Å². The summed E-state index contributed by atoms with van der Waals surface area (Å²) in [4.78, 5) is 32.1. The molecule has 1 aliphatic rings. The van der Waals surface area contributed by atoms with E-state index in [1.165, 1.54) is 4.90 Å². The summed E-state index contributed by atoms with van der Waals surface area (Å²) < 4.78 is 5.46. The third kappa shape index (κ3) is 4.69. The molecular weight excluding hydrogens is 366 g/mol. The standard InChI is InChI=1S/C20H24ClN3O3/c1-20(2,3)27-19(26)23-10-6-9-16(13-23)24(18(21)25)17-11-14-7-4-5-8-15(14)12-22-17/h4-5,7-8,11-12,16H,6,9-10,13H2,1-3H3/t16-/m1/s1. The van der Waals surface area contributed by atoms with Crippen molar-refractivity contribution in [1.82, 2.24) is 9.88 Å². The number of hydrogen-bond acceptors (Lipinski definition) is 4. The van der Waals surface area contributed by atoms with Crippen LogP contribution in [0.5, 0.6) is 0 Å². The van der Waals surface area contributed by atoms with Crippen molar-refractivity contribution in [3.05, 3.63) is 36.5 Å². The Kier molecular flexibility index (Phi) is 5.56. The van der Waals surface area contributed by atoms with Crippen LogP contribution in [0.15, 0.2) is 36.5 Å². The lowest BCUT2D eigenvalue weighted by molar-refractivity contribution is 0.0200. The quantitative estimate of drug-likeness (QED) is 0.546. The van der Waals surface area contributed by atoms with Crippen LogP contribution < -0.4 is 4.90 Å². The molecule has 7 heteroatoms. The SMILES string of the molecule is CC(C)(C)OC(=O)N1CCC[C@@H](N(C(=O)Cl)c2cc3ccccc3cn2)C1. The van der Waals surface area contributed by atoms with E-state index in [1.54, 1.807) is 11.1 Å². The maximum Gasteiger partial charge on any atom is 0.410 e. The summed E-state index contributed by atoms with van der Waals surface area (Å²) in [6.45, 7) is 6.46. The Morgan fingerprint density at radius 3 is 2.63 bits per heavy atom. The van der Waals surface area contributed by atoms with E-state index in [-0.39, 0.29) is 12.1 Å². The van der Waals surface area contributed by atoms with Gasteiger partial charge in [-0.3, -0.25) is 9.69 Å². The second-order valence-corrected chi connectivity index (χ2v) is 8.06. The maximum atomic E-state index is 12.4.